The van der Waals surface area contributed by atoms with E-state index in [4.69, 9.17) is 9.47 Å². The molecule has 3 nitrogen and oxygen atoms in total. The molecule has 0 aliphatic rings. The first-order chi connectivity index (χ1) is 8.79. The summed E-state index contributed by atoms with van der Waals surface area (Å²) in [6, 6.07) is 16.9. The van der Waals surface area contributed by atoms with Crippen molar-refractivity contribution in [1.29, 1.82) is 0 Å². The van der Waals surface area contributed by atoms with E-state index in [0.717, 1.165) is 16.9 Å². The zero-order valence-electron chi connectivity index (χ0n) is 10.2. The molecule has 0 radical (unpaired) electrons. The molecule has 2 rings (SSSR count). The van der Waals surface area contributed by atoms with Crippen LogP contribution in [-0.2, 0) is 11.3 Å². The van der Waals surface area contributed by atoms with E-state index in [-0.39, 0.29) is 0 Å². The van der Waals surface area contributed by atoms with Gasteiger partial charge in [-0.3, -0.25) is 0 Å². The maximum atomic E-state index is 9.84. The minimum absolute atomic E-state index is 0.361. The lowest BCUT2D eigenvalue weighted by Gasteiger charge is -2.12. The molecule has 0 aliphatic heterocycles. The van der Waals surface area contributed by atoms with Crippen molar-refractivity contribution < 1.29 is 14.6 Å². The van der Waals surface area contributed by atoms with Crippen molar-refractivity contribution in [2.75, 3.05) is 7.11 Å². The number of aliphatic hydroxyl groups is 1. The van der Waals surface area contributed by atoms with E-state index in [1.165, 1.54) is 0 Å². The third kappa shape index (κ3) is 3.32. The molecule has 0 bridgehead atoms. The SMILES string of the molecule is COc1ccc(COC(O)c2ccccc2)cc1. The van der Waals surface area contributed by atoms with Gasteiger partial charge in [-0.05, 0) is 17.7 Å². The highest BCUT2D eigenvalue weighted by Gasteiger charge is 2.06. The van der Waals surface area contributed by atoms with Gasteiger partial charge in [0.05, 0.1) is 13.7 Å². The summed E-state index contributed by atoms with van der Waals surface area (Å²) in [5, 5.41) is 9.84. The second-order valence-electron chi connectivity index (χ2n) is 3.92. The Hall–Kier alpha value is -1.84. The highest BCUT2D eigenvalue weighted by Crippen LogP contribution is 2.17. The maximum absolute atomic E-state index is 9.84. The van der Waals surface area contributed by atoms with Gasteiger partial charge in [0.15, 0.2) is 6.29 Å². The van der Waals surface area contributed by atoms with E-state index >= 15 is 0 Å². The number of aliphatic hydroxyl groups excluding tert-OH is 1. The van der Waals surface area contributed by atoms with Gasteiger partial charge in [0, 0.05) is 5.56 Å². The van der Waals surface area contributed by atoms with Crippen molar-refractivity contribution in [3.63, 3.8) is 0 Å². The van der Waals surface area contributed by atoms with E-state index in [0.29, 0.717) is 6.61 Å². The Morgan fingerprint density at radius 2 is 1.67 bits per heavy atom. The summed E-state index contributed by atoms with van der Waals surface area (Å²) >= 11 is 0. The Labute approximate surface area is 107 Å². The molecule has 2 aromatic carbocycles. The molecule has 2 aromatic rings. The quantitative estimate of drug-likeness (QED) is 0.822. The van der Waals surface area contributed by atoms with Crippen molar-refractivity contribution >= 4 is 0 Å². The van der Waals surface area contributed by atoms with Crippen molar-refractivity contribution in [1.82, 2.24) is 0 Å². The zero-order valence-corrected chi connectivity index (χ0v) is 10.2. The summed E-state index contributed by atoms with van der Waals surface area (Å²) < 4.78 is 10.5. The van der Waals surface area contributed by atoms with Crippen molar-refractivity contribution in [3.8, 4) is 5.75 Å². The predicted molar refractivity (Wildman–Crippen MR) is 69.2 cm³/mol. The van der Waals surface area contributed by atoms with Crippen LogP contribution in [0.2, 0.25) is 0 Å². The summed E-state index contributed by atoms with van der Waals surface area (Å²) in [6.45, 7) is 0.361. The molecule has 0 saturated heterocycles. The van der Waals surface area contributed by atoms with Gasteiger partial charge >= 0.3 is 0 Å². The highest BCUT2D eigenvalue weighted by molar-refractivity contribution is 5.26. The number of hydrogen-bond acceptors (Lipinski definition) is 3. The van der Waals surface area contributed by atoms with Crippen molar-refractivity contribution in [2.24, 2.45) is 0 Å². The lowest BCUT2D eigenvalue weighted by atomic mass is 10.2. The van der Waals surface area contributed by atoms with E-state index in [9.17, 15) is 5.11 Å². The Morgan fingerprint density at radius 3 is 2.28 bits per heavy atom. The minimum atomic E-state index is -0.895. The Morgan fingerprint density at radius 1 is 1.00 bits per heavy atom. The molecule has 3 heteroatoms. The fraction of sp³-hybridized carbons (Fsp3) is 0.200. The Bertz CT molecular complexity index is 465. The smallest absolute Gasteiger partial charge is 0.181 e. The summed E-state index contributed by atoms with van der Waals surface area (Å²) in [4.78, 5) is 0. The fourth-order valence-electron chi connectivity index (χ4n) is 1.61. The van der Waals surface area contributed by atoms with Gasteiger partial charge in [0.2, 0.25) is 0 Å². The average molecular weight is 244 g/mol. The molecule has 0 heterocycles. The van der Waals surface area contributed by atoms with Crippen LogP contribution in [0.1, 0.15) is 17.4 Å². The topological polar surface area (TPSA) is 38.7 Å². The molecule has 1 N–H and O–H groups in total. The molecule has 0 spiro atoms. The number of benzene rings is 2. The molecule has 0 saturated carbocycles. The fourth-order valence-corrected chi connectivity index (χ4v) is 1.61. The van der Waals surface area contributed by atoms with Crippen LogP contribution < -0.4 is 4.74 Å². The van der Waals surface area contributed by atoms with Gasteiger partial charge in [0.1, 0.15) is 5.75 Å². The van der Waals surface area contributed by atoms with Crippen LogP contribution >= 0.6 is 0 Å². The van der Waals surface area contributed by atoms with E-state index in [1.807, 2.05) is 54.6 Å². The average Bonchev–Trinajstić information content (AvgIpc) is 2.46. The van der Waals surface area contributed by atoms with E-state index in [1.54, 1.807) is 7.11 Å². The summed E-state index contributed by atoms with van der Waals surface area (Å²) in [5.41, 5.74) is 1.75. The minimum Gasteiger partial charge on any atom is -0.497 e. The first-order valence-corrected chi connectivity index (χ1v) is 5.77. The maximum Gasteiger partial charge on any atom is 0.181 e. The molecular weight excluding hydrogens is 228 g/mol. The third-order valence-electron chi connectivity index (χ3n) is 2.65. The zero-order chi connectivity index (χ0) is 12.8. The Kier molecular flexibility index (Phi) is 4.34. The van der Waals surface area contributed by atoms with Gasteiger partial charge in [-0.2, -0.15) is 0 Å². The Balaban J connectivity index is 1.91. The van der Waals surface area contributed by atoms with Gasteiger partial charge in [-0.25, -0.2) is 0 Å². The second-order valence-corrected chi connectivity index (χ2v) is 3.92. The second kappa shape index (κ2) is 6.19. The number of hydrogen-bond donors (Lipinski definition) is 1. The number of rotatable bonds is 5. The molecule has 0 aromatic heterocycles. The van der Waals surface area contributed by atoms with E-state index < -0.39 is 6.29 Å². The van der Waals surface area contributed by atoms with Crippen LogP contribution in [0.15, 0.2) is 54.6 Å². The van der Waals surface area contributed by atoms with Crippen molar-refractivity contribution in [2.45, 2.75) is 12.9 Å². The predicted octanol–water partition coefficient (Wildman–Crippen LogP) is 2.90. The van der Waals surface area contributed by atoms with E-state index in [2.05, 4.69) is 0 Å². The first-order valence-electron chi connectivity index (χ1n) is 5.77. The van der Waals surface area contributed by atoms with Crippen LogP contribution in [-0.4, -0.2) is 12.2 Å². The van der Waals surface area contributed by atoms with Crippen LogP contribution in [0.25, 0.3) is 0 Å². The molecule has 0 fully saturated rings. The van der Waals surface area contributed by atoms with Crippen LogP contribution in [0.3, 0.4) is 0 Å². The third-order valence-corrected chi connectivity index (χ3v) is 2.65. The molecule has 94 valence electrons. The standard InChI is InChI=1S/C15H16O3/c1-17-14-9-7-12(8-10-14)11-18-15(16)13-5-3-2-4-6-13/h2-10,15-16H,11H2,1H3. The molecule has 0 aliphatic carbocycles. The summed E-state index contributed by atoms with van der Waals surface area (Å²) in [5.74, 6) is 0.808. The van der Waals surface area contributed by atoms with Gasteiger partial charge < -0.3 is 14.6 Å². The lowest BCUT2D eigenvalue weighted by Crippen LogP contribution is -2.03. The van der Waals surface area contributed by atoms with Gasteiger partial charge in [-0.15, -0.1) is 0 Å². The number of ether oxygens (including phenoxy) is 2. The molecule has 0 amide bonds. The van der Waals surface area contributed by atoms with Gasteiger partial charge in [0.25, 0.3) is 0 Å². The van der Waals surface area contributed by atoms with Crippen LogP contribution in [0.5, 0.6) is 5.75 Å². The molecule has 1 atom stereocenters. The molecule has 1 unspecified atom stereocenters. The van der Waals surface area contributed by atoms with Gasteiger partial charge in [-0.1, -0.05) is 42.5 Å². The normalized spacial score (nSPS) is 12.1. The lowest BCUT2D eigenvalue weighted by molar-refractivity contribution is -0.111. The van der Waals surface area contributed by atoms with Crippen molar-refractivity contribution in [3.05, 3.63) is 65.7 Å². The van der Waals surface area contributed by atoms with Crippen LogP contribution in [0.4, 0.5) is 0 Å². The first kappa shape index (κ1) is 12.6. The number of methoxy groups -OCH3 is 1. The largest absolute Gasteiger partial charge is 0.497 e. The summed E-state index contributed by atoms with van der Waals surface area (Å²) in [7, 11) is 1.63. The molecular formula is C15H16O3. The van der Waals surface area contributed by atoms with Crippen LogP contribution in [0, 0.1) is 0 Å². The summed E-state index contributed by atoms with van der Waals surface area (Å²) in [6.07, 6.45) is -0.895. The highest BCUT2D eigenvalue weighted by atomic mass is 16.6. The monoisotopic (exact) mass is 244 g/mol. The molecule has 18 heavy (non-hydrogen) atoms.